The third-order valence-corrected chi connectivity index (χ3v) is 5.56. The first-order valence-corrected chi connectivity index (χ1v) is 12.8. The quantitative estimate of drug-likeness (QED) is 0.149. The van der Waals surface area contributed by atoms with E-state index in [2.05, 4.69) is 12.2 Å². The largest absolute Gasteiger partial charge is 0.479 e. The predicted molar refractivity (Wildman–Crippen MR) is 129 cm³/mol. The molecule has 31 heavy (non-hydrogen) atoms. The number of aliphatic hydroxyl groups excluding tert-OH is 2. The number of rotatable bonds is 22. The molecule has 0 aromatic rings. The van der Waals surface area contributed by atoms with Crippen molar-refractivity contribution in [3.63, 3.8) is 0 Å². The van der Waals surface area contributed by atoms with Gasteiger partial charge in [0.2, 0.25) is 0 Å². The third-order valence-electron chi connectivity index (χ3n) is 5.56. The molecule has 6 heteroatoms. The van der Waals surface area contributed by atoms with E-state index in [-0.39, 0.29) is 13.2 Å². The van der Waals surface area contributed by atoms with Gasteiger partial charge in [-0.25, -0.2) is 4.79 Å². The molecule has 188 valence electrons. The fourth-order valence-electron chi connectivity index (χ4n) is 3.41. The topological polar surface area (TPSA) is 110 Å². The van der Waals surface area contributed by atoms with Crippen molar-refractivity contribution in [3.05, 3.63) is 0 Å². The molecule has 5 N–H and O–H groups in total. The summed E-state index contributed by atoms with van der Waals surface area (Å²) >= 11 is 0. The van der Waals surface area contributed by atoms with Crippen LogP contribution in [-0.2, 0) is 4.79 Å². The molecule has 6 nitrogen and oxygen atoms in total. The molecule has 0 spiro atoms. The van der Waals surface area contributed by atoms with Gasteiger partial charge < -0.3 is 25.7 Å². The summed E-state index contributed by atoms with van der Waals surface area (Å²) in [7, 11) is 0. The van der Waals surface area contributed by atoms with Crippen LogP contribution in [0.2, 0.25) is 0 Å². The number of nitrogens with one attached hydrogen (secondary N) is 1. The summed E-state index contributed by atoms with van der Waals surface area (Å²) in [5, 5.41) is 37.5. The summed E-state index contributed by atoms with van der Waals surface area (Å²) in [5.41, 5.74) is -1.55. The van der Waals surface area contributed by atoms with Gasteiger partial charge in [-0.1, -0.05) is 103 Å². The Morgan fingerprint density at radius 1 is 0.677 bits per heavy atom. The van der Waals surface area contributed by atoms with Crippen molar-refractivity contribution in [1.82, 2.24) is 5.32 Å². The molecule has 1 atom stereocenters. The highest BCUT2D eigenvalue weighted by atomic mass is 16.4. The Morgan fingerprint density at radius 2 is 1.00 bits per heavy atom. The molecular weight excluding hydrogens is 394 g/mol. The third kappa shape index (κ3) is 27.3. The zero-order valence-corrected chi connectivity index (χ0v) is 20.5. The van der Waals surface area contributed by atoms with E-state index in [4.69, 9.17) is 15.3 Å². The molecule has 0 fully saturated rings. The van der Waals surface area contributed by atoms with Crippen LogP contribution >= 0.6 is 0 Å². The van der Waals surface area contributed by atoms with Gasteiger partial charge in [-0.15, -0.1) is 0 Å². The maximum atomic E-state index is 10.8. The molecule has 0 aromatic heterocycles. The Hall–Kier alpha value is -0.690. The number of unbranched alkanes of at least 4 members (excludes halogenated alkanes) is 15. The van der Waals surface area contributed by atoms with E-state index in [0.717, 1.165) is 19.3 Å². The fraction of sp³-hybridized carbons (Fsp3) is 0.960. The Labute approximate surface area is 191 Å². The van der Waals surface area contributed by atoms with E-state index >= 15 is 0 Å². The Balaban J connectivity index is 0. The summed E-state index contributed by atoms with van der Waals surface area (Å²) in [6.45, 7) is 5.08. The molecule has 0 aromatic carbocycles. The van der Waals surface area contributed by atoms with Gasteiger partial charge in [-0.3, -0.25) is 0 Å². The van der Waals surface area contributed by atoms with Crippen LogP contribution < -0.4 is 5.32 Å². The zero-order chi connectivity index (χ0) is 23.6. The molecule has 0 aliphatic rings. The zero-order valence-electron chi connectivity index (χ0n) is 20.5. The molecule has 0 heterocycles. The van der Waals surface area contributed by atoms with E-state index in [1.807, 2.05) is 0 Å². The molecular formula is C25H53NO5. The van der Waals surface area contributed by atoms with Crippen molar-refractivity contribution in [3.8, 4) is 0 Å². The highest BCUT2D eigenvalue weighted by Crippen LogP contribution is 2.17. The maximum absolute atomic E-state index is 10.8. The lowest BCUT2D eigenvalue weighted by Gasteiger charge is -2.17. The van der Waals surface area contributed by atoms with Crippen molar-refractivity contribution in [1.29, 1.82) is 0 Å². The van der Waals surface area contributed by atoms with Crippen LogP contribution in [0.1, 0.15) is 123 Å². The van der Waals surface area contributed by atoms with Crippen molar-refractivity contribution in [2.75, 3.05) is 26.3 Å². The van der Waals surface area contributed by atoms with Crippen molar-refractivity contribution in [2.24, 2.45) is 0 Å². The van der Waals surface area contributed by atoms with E-state index in [1.165, 1.54) is 90.4 Å². The average Bonchev–Trinajstić information content (AvgIpc) is 2.74. The SMILES string of the molecule is CCCCCCCCCCCCCCCCCCC(C)(O)C(=O)O.OCCNCCO. The first kappa shape index (κ1) is 32.5. The van der Waals surface area contributed by atoms with Gasteiger partial charge in [0.05, 0.1) is 13.2 Å². The highest BCUT2D eigenvalue weighted by molar-refractivity contribution is 5.76. The van der Waals surface area contributed by atoms with Crippen molar-refractivity contribution in [2.45, 2.75) is 129 Å². The summed E-state index contributed by atoms with van der Waals surface area (Å²) in [6.07, 6.45) is 21.2. The lowest BCUT2D eigenvalue weighted by atomic mass is 9.97. The normalized spacial score (nSPS) is 12.8. The second kappa shape index (κ2) is 25.6. The first-order valence-electron chi connectivity index (χ1n) is 12.8. The van der Waals surface area contributed by atoms with Crippen LogP contribution in [0, 0.1) is 0 Å². The molecule has 0 amide bonds. The van der Waals surface area contributed by atoms with E-state index in [9.17, 15) is 9.90 Å². The molecule has 0 saturated heterocycles. The number of aliphatic carboxylic acids is 1. The summed E-state index contributed by atoms with van der Waals surface area (Å²) in [5.74, 6) is -1.11. The molecule has 0 bridgehead atoms. The monoisotopic (exact) mass is 447 g/mol. The molecule has 0 aliphatic carbocycles. The number of hydrogen-bond donors (Lipinski definition) is 5. The van der Waals surface area contributed by atoms with Gasteiger partial charge in [-0.05, 0) is 19.8 Å². The second-order valence-corrected chi connectivity index (χ2v) is 8.83. The molecule has 0 aliphatic heterocycles. The van der Waals surface area contributed by atoms with Crippen LogP contribution in [0.5, 0.6) is 0 Å². The van der Waals surface area contributed by atoms with Crippen molar-refractivity contribution < 1.29 is 25.2 Å². The standard InChI is InChI=1S/C21H42O3.C4H11NO2/c1-3-4-5-6-7-8-9-10-11-12-13-14-15-16-17-18-19-21(2,24)20(22)23;6-3-1-5-2-4-7/h24H,3-19H2,1-2H3,(H,22,23);5-7H,1-4H2. The molecule has 0 radical (unpaired) electrons. The molecule has 1 unspecified atom stereocenters. The number of aliphatic hydroxyl groups is 3. The lowest BCUT2D eigenvalue weighted by Crippen LogP contribution is -2.34. The number of carbonyl (C=O) groups is 1. The van der Waals surface area contributed by atoms with Crippen LogP contribution in [0.25, 0.3) is 0 Å². The minimum atomic E-state index is -1.55. The van der Waals surface area contributed by atoms with Gasteiger partial charge in [0.25, 0.3) is 0 Å². The highest BCUT2D eigenvalue weighted by Gasteiger charge is 2.28. The van der Waals surface area contributed by atoms with Crippen LogP contribution in [-0.4, -0.2) is 58.3 Å². The van der Waals surface area contributed by atoms with Crippen molar-refractivity contribution >= 4 is 5.97 Å². The minimum Gasteiger partial charge on any atom is -0.479 e. The summed E-state index contributed by atoms with van der Waals surface area (Å²) in [6, 6.07) is 0. The first-order chi connectivity index (χ1) is 14.9. The van der Waals surface area contributed by atoms with Crippen LogP contribution in [0.4, 0.5) is 0 Å². The van der Waals surface area contributed by atoms with E-state index in [0.29, 0.717) is 19.5 Å². The second-order valence-electron chi connectivity index (χ2n) is 8.83. The number of hydrogen-bond acceptors (Lipinski definition) is 5. The van der Waals surface area contributed by atoms with Gasteiger partial charge >= 0.3 is 5.97 Å². The van der Waals surface area contributed by atoms with E-state index < -0.39 is 11.6 Å². The smallest absolute Gasteiger partial charge is 0.335 e. The van der Waals surface area contributed by atoms with Crippen LogP contribution in [0.3, 0.4) is 0 Å². The lowest BCUT2D eigenvalue weighted by molar-refractivity contribution is -0.157. The fourth-order valence-corrected chi connectivity index (χ4v) is 3.41. The Morgan fingerprint density at radius 3 is 1.29 bits per heavy atom. The maximum Gasteiger partial charge on any atom is 0.335 e. The van der Waals surface area contributed by atoms with Gasteiger partial charge in [0, 0.05) is 13.1 Å². The number of carboxylic acid groups (broad SMARTS) is 1. The summed E-state index contributed by atoms with van der Waals surface area (Å²) in [4.78, 5) is 10.8. The van der Waals surface area contributed by atoms with Crippen LogP contribution in [0.15, 0.2) is 0 Å². The van der Waals surface area contributed by atoms with E-state index in [1.54, 1.807) is 0 Å². The van der Waals surface area contributed by atoms with Gasteiger partial charge in [-0.2, -0.15) is 0 Å². The summed E-state index contributed by atoms with van der Waals surface area (Å²) < 4.78 is 0. The minimum absolute atomic E-state index is 0.139. The van der Waals surface area contributed by atoms with Gasteiger partial charge in [0.15, 0.2) is 5.60 Å². The number of carboxylic acids is 1. The predicted octanol–water partition coefficient (Wildman–Crippen LogP) is 5.03. The Bertz CT molecular complexity index is 360. The molecule has 0 rings (SSSR count). The average molecular weight is 448 g/mol. The molecule has 0 saturated carbocycles. The Kier molecular flexibility index (Phi) is 26.8. The van der Waals surface area contributed by atoms with Gasteiger partial charge in [0.1, 0.15) is 0 Å².